The van der Waals surface area contributed by atoms with Crippen LogP contribution in [-0.2, 0) is 14.3 Å². The Labute approximate surface area is 191 Å². The summed E-state index contributed by atoms with van der Waals surface area (Å²) < 4.78 is 5.22. The highest BCUT2D eigenvalue weighted by atomic mass is 16.6. The summed E-state index contributed by atoms with van der Waals surface area (Å²) in [7, 11) is 0. The molecule has 8 nitrogen and oxygen atoms in total. The van der Waals surface area contributed by atoms with Gasteiger partial charge in [-0.3, -0.25) is 9.59 Å². The zero-order valence-corrected chi connectivity index (χ0v) is 20.0. The van der Waals surface area contributed by atoms with E-state index in [1.54, 1.807) is 32.9 Å². The fourth-order valence-electron chi connectivity index (χ4n) is 3.19. The number of amides is 3. The van der Waals surface area contributed by atoms with E-state index >= 15 is 0 Å². The van der Waals surface area contributed by atoms with Crippen molar-refractivity contribution >= 4 is 17.9 Å². The Hall–Kier alpha value is -3.08. The van der Waals surface area contributed by atoms with Gasteiger partial charge in [-0.15, -0.1) is 0 Å². The van der Waals surface area contributed by atoms with Crippen LogP contribution in [0.15, 0.2) is 24.3 Å². The maximum atomic E-state index is 13.3. The van der Waals surface area contributed by atoms with Crippen LogP contribution >= 0.6 is 0 Å². The Morgan fingerprint density at radius 1 is 1.19 bits per heavy atom. The van der Waals surface area contributed by atoms with Gasteiger partial charge >= 0.3 is 6.09 Å². The molecule has 176 valence electrons. The number of rotatable bonds is 10. The number of hydrogen-bond acceptors (Lipinski definition) is 5. The van der Waals surface area contributed by atoms with Crippen LogP contribution in [0.2, 0.25) is 0 Å². The third-order valence-electron chi connectivity index (χ3n) is 4.75. The summed E-state index contributed by atoms with van der Waals surface area (Å²) in [6, 6.07) is 7.25. The van der Waals surface area contributed by atoms with Gasteiger partial charge in [-0.25, -0.2) is 4.79 Å². The third-order valence-corrected chi connectivity index (χ3v) is 4.75. The number of nitriles is 1. The van der Waals surface area contributed by atoms with E-state index < -0.39 is 29.7 Å². The van der Waals surface area contributed by atoms with E-state index in [0.717, 1.165) is 24.8 Å². The number of carbonyl (C=O) groups excluding carboxylic acids is 3. The molecular formula is C24H36N4O4. The van der Waals surface area contributed by atoms with Gasteiger partial charge in [-0.05, 0) is 52.2 Å². The average Bonchev–Trinajstić information content (AvgIpc) is 2.70. The number of carbonyl (C=O) groups is 3. The van der Waals surface area contributed by atoms with Gasteiger partial charge in [0, 0.05) is 6.54 Å². The van der Waals surface area contributed by atoms with Crippen molar-refractivity contribution in [3.63, 3.8) is 0 Å². The van der Waals surface area contributed by atoms with Crippen molar-refractivity contribution < 1.29 is 19.1 Å². The van der Waals surface area contributed by atoms with Crippen LogP contribution in [0.3, 0.4) is 0 Å². The van der Waals surface area contributed by atoms with Crippen LogP contribution in [0.4, 0.5) is 4.79 Å². The lowest BCUT2D eigenvalue weighted by Crippen LogP contribution is -2.52. The van der Waals surface area contributed by atoms with Crippen molar-refractivity contribution in [2.45, 2.75) is 78.5 Å². The summed E-state index contributed by atoms with van der Waals surface area (Å²) in [4.78, 5) is 39.8. The molecule has 0 aliphatic rings. The first-order valence-corrected chi connectivity index (χ1v) is 11.0. The number of hydrogen-bond donors (Lipinski definition) is 2. The summed E-state index contributed by atoms with van der Waals surface area (Å²) >= 11 is 0. The molecule has 2 N–H and O–H groups in total. The molecule has 0 heterocycles. The summed E-state index contributed by atoms with van der Waals surface area (Å²) in [6.07, 6.45) is 2.08. The van der Waals surface area contributed by atoms with E-state index in [2.05, 4.69) is 17.6 Å². The van der Waals surface area contributed by atoms with Crippen molar-refractivity contribution in [1.82, 2.24) is 15.5 Å². The SMILES string of the molecule is CCCCCNC(=O)C(c1ccccc1C)N(CC#N)C(=O)C(C)NC(=O)OC(C)(C)C. The van der Waals surface area contributed by atoms with Crippen molar-refractivity contribution in [2.24, 2.45) is 0 Å². The first-order valence-electron chi connectivity index (χ1n) is 11.0. The lowest BCUT2D eigenvalue weighted by atomic mass is 9.98. The monoisotopic (exact) mass is 444 g/mol. The van der Waals surface area contributed by atoms with Crippen molar-refractivity contribution in [3.05, 3.63) is 35.4 Å². The fraction of sp³-hybridized carbons (Fsp3) is 0.583. The molecule has 0 radical (unpaired) electrons. The minimum Gasteiger partial charge on any atom is -0.444 e. The molecule has 0 aromatic heterocycles. The largest absolute Gasteiger partial charge is 0.444 e. The summed E-state index contributed by atoms with van der Waals surface area (Å²) in [6.45, 7) is 10.8. The Bertz CT molecular complexity index is 826. The Balaban J connectivity index is 3.19. The Kier molecular flexibility index (Phi) is 10.7. The van der Waals surface area contributed by atoms with Gasteiger partial charge in [0.05, 0.1) is 6.07 Å². The van der Waals surface area contributed by atoms with Crippen molar-refractivity contribution in [1.29, 1.82) is 5.26 Å². The summed E-state index contributed by atoms with van der Waals surface area (Å²) in [5, 5.41) is 14.8. The molecule has 2 atom stereocenters. The van der Waals surface area contributed by atoms with Gasteiger partial charge in [-0.2, -0.15) is 5.26 Å². The number of benzene rings is 1. The zero-order valence-electron chi connectivity index (χ0n) is 20.0. The third kappa shape index (κ3) is 8.58. The van der Waals surface area contributed by atoms with E-state index in [9.17, 15) is 19.6 Å². The zero-order chi connectivity index (χ0) is 24.3. The van der Waals surface area contributed by atoms with Gasteiger partial charge in [0.2, 0.25) is 11.8 Å². The Morgan fingerprint density at radius 2 is 1.84 bits per heavy atom. The van der Waals surface area contributed by atoms with Gasteiger partial charge in [0.25, 0.3) is 0 Å². The van der Waals surface area contributed by atoms with Gasteiger partial charge < -0.3 is 20.3 Å². The summed E-state index contributed by atoms with van der Waals surface area (Å²) in [5.41, 5.74) is 0.736. The van der Waals surface area contributed by atoms with Crippen LogP contribution in [0.25, 0.3) is 0 Å². The molecule has 32 heavy (non-hydrogen) atoms. The second kappa shape index (κ2) is 12.7. The van der Waals surface area contributed by atoms with E-state index in [1.165, 1.54) is 11.8 Å². The lowest BCUT2D eigenvalue weighted by Gasteiger charge is -2.32. The standard InChI is InChI=1S/C24H36N4O4/c1-7-8-11-15-26-21(29)20(19-13-10-9-12-17(19)2)28(16-14-25)22(30)18(3)27-23(31)32-24(4,5)6/h9-10,12-13,18,20H,7-8,11,15-16H2,1-6H3,(H,26,29)(H,27,31). The second-order valence-corrected chi connectivity index (χ2v) is 8.75. The topological polar surface area (TPSA) is 112 Å². The number of nitrogens with zero attached hydrogens (tertiary/aromatic N) is 2. The number of ether oxygens (including phenoxy) is 1. The molecule has 0 aliphatic heterocycles. The molecule has 0 fully saturated rings. The smallest absolute Gasteiger partial charge is 0.408 e. The van der Waals surface area contributed by atoms with Gasteiger partial charge in [0.15, 0.2) is 0 Å². The van der Waals surface area contributed by atoms with E-state index in [-0.39, 0.29) is 12.5 Å². The van der Waals surface area contributed by atoms with E-state index in [0.29, 0.717) is 12.1 Å². The number of nitrogens with one attached hydrogen (secondary N) is 2. The molecule has 0 aliphatic carbocycles. The molecule has 1 aromatic rings. The predicted octanol–water partition coefficient (Wildman–Crippen LogP) is 3.61. The summed E-state index contributed by atoms with van der Waals surface area (Å²) in [5.74, 6) is -0.905. The quantitative estimate of drug-likeness (QED) is 0.423. The highest BCUT2D eigenvalue weighted by molar-refractivity contribution is 5.92. The first-order chi connectivity index (χ1) is 15.0. The van der Waals surface area contributed by atoms with Crippen molar-refractivity contribution in [2.75, 3.05) is 13.1 Å². The second-order valence-electron chi connectivity index (χ2n) is 8.75. The van der Waals surface area contributed by atoms with Crippen LogP contribution in [0, 0.1) is 18.3 Å². The number of unbranched alkanes of at least 4 members (excludes halogenated alkanes) is 2. The van der Waals surface area contributed by atoms with Crippen LogP contribution in [0.1, 0.15) is 71.0 Å². The highest BCUT2D eigenvalue weighted by Gasteiger charge is 2.35. The molecule has 0 saturated carbocycles. The number of alkyl carbamates (subject to hydrolysis) is 1. The maximum absolute atomic E-state index is 13.3. The van der Waals surface area contributed by atoms with Gasteiger partial charge in [0.1, 0.15) is 24.2 Å². The van der Waals surface area contributed by atoms with Crippen LogP contribution in [0.5, 0.6) is 0 Å². The molecule has 0 spiro atoms. The highest BCUT2D eigenvalue weighted by Crippen LogP contribution is 2.25. The molecule has 8 heteroatoms. The van der Waals surface area contributed by atoms with Crippen LogP contribution < -0.4 is 10.6 Å². The molecule has 1 aromatic carbocycles. The predicted molar refractivity (Wildman–Crippen MR) is 123 cm³/mol. The molecule has 3 amide bonds. The van der Waals surface area contributed by atoms with Crippen LogP contribution in [-0.4, -0.2) is 47.5 Å². The van der Waals surface area contributed by atoms with E-state index in [4.69, 9.17) is 4.74 Å². The van der Waals surface area contributed by atoms with E-state index in [1.807, 2.05) is 25.1 Å². The normalized spacial score (nSPS) is 12.8. The molecule has 1 rings (SSSR count). The average molecular weight is 445 g/mol. The number of aryl methyl sites for hydroxylation is 1. The Morgan fingerprint density at radius 3 is 2.41 bits per heavy atom. The minimum absolute atomic E-state index is 0.305. The minimum atomic E-state index is -0.993. The molecule has 2 unspecified atom stereocenters. The maximum Gasteiger partial charge on any atom is 0.408 e. The first kappa shape index (κ1) is 27.0. The fourth-order valence-corrected chi connectivity index (χ4v) is 3.19. The molecular weight excluding hydrogens is 408 g/mol. The van der Waals surface area contributed by atoms with Gasteiger partial charge in [-0.1, -0.05) is 44.0 Å². The van der Waals surface area contributed by atoms with Crippen molar-refractivity contribution in [3.8, 4) is 6.07 Å². The molecule has 0 bridgehead atoms. The molecule has 0 saturated heterocycles. The lowest BCUT2D eigenvalue weighted by molar-refractivity contribution is -0.141.